The molecule has 0 spiro atoms. The normalized spacial score (nSPS) is 14.8. The van der Waals surface area contributed by atoms with E-state index in [1.807, 2.05) is 81.1 Å². The molecule has 4 aromatic carbocycles. The number of Topliss-reactive ketones (excluding diaryl/α,β-unsaturated/α-hetero) is 1. The number of rotatable bonds is 19. The van der Waals surface area contributed by atoms with Gasteiger partial charge in [0.15, 0.2) is 0 Å². The Morgan fingerprint density at radius 3 is 0.955 bits per heavy atom. The fraction of sp³-hybridized carbons (Fsp3) is 0.450. The number of halogens is 9. The molecular formula is C80H106Cl9LiN16O6. The zero-order valence-electron chi connectivity index (χ0n) is 64.2. The van der Waals surface area contributed by atoms with Crippen LogP contribution in [-0.4, -0.2) is 198 Å². The SMILES string of the molecule is C.C.CCC(C(=O)O)c1ccc(-c2cnccn2)c(Cl)c1Cl.CCC(C(C)=O)c1ccc(-c2cnccn2)c(Cl)c1Cl.CCC(NC(=O)N(C)C1CCN(C)CC1)c1ccc(-c2cnccn2)c(Cl)c1Cl.CCC(NC(=O)N(C)C1CCN(C)CC1)c1ccc(-c2cnccn2)c(Cl)c1Cl.CNC1CCN(C)CC1.Cl.[Li+].[OH-]. The topological polar surface area (TPSA) is 274 Å². The second-order valence-electron chi connectivity index (χ2n) is 26.5. The molecule has 7 heterocycles. The van der Waals surface area contributed by atoms with Crippen molar-refractivity contribution in [1.82, 2.24) is 80.3 Å². The molecule has 8 aromatic rings. The van der Waals surface area contributed by atoms with Gasteiger partial charge in [0, 0.05) is 110 Å². The predicted octanol–water partition coefficient (Wildman–Crippen LogP) is 16.7. The fourth-order valence-electron chi connectivity index (χ4n) is 12.8. The molecule has 606 valence electrons. The molecule has 32 heteroatoms. The van der Waals surface area contributed by atoms with E-state index in [4.69, 9.17) is 92.8 Å². The van der Waals surface area contributed by atoms with Gasteiger partial charge in [0.25, 0.3) is 0 Å². The average molecular weight is 1710 g/mol. The minimum atomic E-state index is -0.919. The number of piperidine rings is 3. The third-order valence-corrected chi connectivity index (χ3v) is 23.1. The number of carbonyl (C=O) groups excluding carboxylic acids is 3. The number of aromatic nitrogens is 8. The molecule has 112 heavy (non-hydrogen) atoms. The number of carboxylic acids is 1. The summed E-state index contributed by atoms with van der Waals surface area (Å²) < 4.78 is 0. The van der Waals surface area contributed by atoms with Crippen LogP contribution in [0.4, 0.5) is 9.59 Å². The van der Waals surface area contributed by atoms with E-state index in [2.05, 4.69) is 98.7 Å². The molecule has 11 rings (SSSR count). The van der Waals surface area contributed by atoms with Crippen LogP contribution < -0.4 is 34.8 Å². The van der Waals surface area contributed by atoms with Gasteiger partial charge in [-0.25, -0.2) is 9.59 Å². The Morgan fingerprint density at radius 2 is 0.714 bits per heavy atom. The van der Waals surface area contributed by atoms with Crippen LogP contribution >= 0.6 is 105 Å². The first-order chi connectivity index (χ1) is 51.3. The van der Waals surface area contributed by atoms with Gasteiger partial charge in [-0.1, -0.05) is 184 Å². The van der Waals surface area contributed by atoms with Gasteiger partial charge >= 0.3 is 36.9 Å². The van der Waals surface area contributed by atoms with Crippen LogP contribution in [0.3, 0.4) is 0 Å². The van der Waals surface area contributed by atoms with Gasteiger partial charge in [0.2, 0.25) is 0 Å². The fourth-order valence-corrected chi connectivity index (χ4v) is 15.1. The monoisotopic (exact) mass is 1710 g/mol. The van der Waals surface area contributed by atoms with Crippen molar-refractivity contribution < 1.29 is 48.6 Å². The summed E-state index contributed by atoms with van der Waals surface area (Å²) >= 11 is 51.4. The summed E-state index contributed by atoms with van der Waals surface area (Å²) in [7, 11) is 12.2. The molecule has 0 aliphatic carbocycles. The predicted molar refractivity (Wildman–Crippen MR) is 456 cm³/mol. The smallest absolute Gasteiger partial charge is 0.870 e. The number of ketones is 1. The molecule has 3 aliphatic rings. The summed E-state index contributed by atoms with van der Waals surface area (Å²) in [5.41, 5.74) is 8.23. The summed E-state index contributed by atoms with van der Waals surface area (Å²) in [6.07, 6.45) is 28.3. The van der Waals surface area contributed by atoms with Gasteiger partial charge in [-0.15, -0.1) is 12.4 Å². The van der Waals surface area contributed by atoms with Crippen molar-refractivity contribution in [3.63, 3.8) is 0 Å². The van der Waals surface area contributed by atoms with Crippen LogP contribution in [0.25, 0.3) is 45.0 Å². The van der Waals surface area contributed by atoms with Crippen LogP contribution in [0.1, 0.15) is 160 Å². The van der Waals surface area contributed by atoms with Crippen molar-refractivity contribution in [2.75, 3.05) is 81.6 Å². The maximum absolute atomic E-state index is 12.9. The second kappa shape index (κ2) is 51.1. The molecular weight excluding hydrogens is 1610 g/mol. The van der Waals surface area contributed by atoms with Gasteiger partial charge in [-0.3, -0.25) is 49.5 Å². The second-order valence-corrected chi connectivity index (χ2v) is 29.6. The average Bonchev–Trinajstić information content (AvgIpc) is 0.815. The maximum atomic E-state index is 12.9. The van der Waals surface area contributed by atoms with Crippen molar-refractivity contribution in [3.05, 3.63) is 185 Å². The molecule has 0 bridgehead atoms. The molecule has 4 unspecified atom stereocenters. The maximum Gasteiger partial charge on any atom is 1.00 e. The molecule has 4 aromatic heterocycles. The van der Waals surface area contributed by atoms with Crippen LogP contribution in [0, 0.1) is 0 Å². The minimum absolute atomic E-state index is 0. The van der Waals surface area contributed by atoms with Crippen molar-refractivity contribution in [2.45, 2.75) is 156 Å². The van der Waals surface area contributed by atoms with E-state index in [1.54, 1.807) is 100 Å². The summed E-state index contributed by atoms with van der Waals surface area (Å²) in [4.78, 5) is 92.3. The molecule has 3 aliphatic heterocycles. The number of likely N-dealkylation sites (tertiary alicyclic amines) is 3. The molecule has 3 saturated heterocycles. The van der Waals surface area contributed by atoms with E-state index < -0.39 is 11.9 Å². The Kier molecular flexibility index (Phi) is 46.5. The summed E-state index contributed by atoms with van der Waals surface area (Å²) in [6, 6.07) is 15.3. The van der Waals surface area contributed by atoms with E-state index in [1.165, 1.54) is 25.9 Å². The van der Waals surface area contributed by atoms with Gasteiger partial charge in [0.05, 0.1) is 106 Å². The Balaban J connectivity index is 0.000000486. The van der Waals surface area contributed by atoms with E-state index in [0.717, 1.165) is 85.7 Å². The van der Waals surface area contributed by atoms with Crippen molar-refractivity contribution in [3.8, 4) is 45.0 Å². The summed E-state index contributed by atoms with van der Waals surface area (Å²) in [6.45, 7) is 15.9. The zero-order chi connectivity index (χ0) is 78.0. The number of hydrogen-bond donors (Lipinski definition) is 4. The first-order valence-electron chi connectivity index (χ1n) is 35.8. The Morgan fingerprint density at radius 1 is 0.446 bits per heavy atom. The van der Waals surface area contributed by atoms with E-state index in [0.29, 0.717) is 100 Å². The molecule has 5 N–H and O–H groups in total. The van der Waals surface area contributed by atoms with Gasteiger partial charge < -0.3 is 51.0 Å². The van der Waals surface area contributed by atoms with E-state index in [9.17, 15) is 24.3 Å². The number of nitrogens with zero attached hydrogens (tertiary/aromatic N) is 13. The standard InChI is InChI=1S/2C21H27Cl2N5O.C15H14Cl2N2O.C14H12Cl2N2O2.C7H16N2.2CH4.ClH.Li.H2O/c2*1-4-17(26-21(29)28(3)14-7-11-27(2)12-8-14)15-5-6-16(20(23)19(15)22)18-13-24-9-10-25-18;1-3-10(9(2)20)11-4-5-12(15(17)14(11)16)13-8-18-6-7-19-13;1-2-8(14(19)20)9-3-4-10(13(16)12(9)15)11-7-17-5-6-18-11;1-8-7-3-5-9(2)6-4-7;;;;;/h2*5-6,9-10,13-14,17H,4,7-8,11-12H2,1-3H3,(H,26,29);4-8,10H,3H2,1-2H3;3-8H,2H2,1H3,(H,19,20);7-8H,3-6H2,1-2H3;2*1H4;1H;;1H2/q;;;;;;;;+1;/p-1. The number of benzene rings is 4. The Hall–Kier alpha value is -6.11. The molecule has 0 radical (unpaired) electrons. The molecule has 0 saturated carbocycles. The van der Waals surface area contributed by atoms with Crippen molar-refractivity contribution in [2.24, 2.45) is 0 Å². The number of carboxylic acid groups (broad SMARTS) is 1. The third-order valence-electron chi connectivity index (χ3n) is 19.6. The first kappa shape index (κ1) is 102. The van der Waals surface area contributed by atoms with Gasteiger partial charge in [0.1, 0.15) is 5.78 Å². The summed E-state index contributed by atoms with van der Waals surface area (Å²) in [5.74, 6) is -1.73. The summed E-state index contributed by atoms with van der Waals surface area (Å²) in [5, 5.41) is 21.8. The number of nitrogens with one attached hydrogen (secondary N) is 3. The van der Waals surface area contributed by atoms with Crippen LogP contribution in [0.2, 0.25) is 40.2 Å². The minimum Gasteiger partial charge on any atom is -0.870 e. The Labute approximate surface area is 719 Å². The van der Waals surface area contributed by atoms with E-state index in [-0.39, 0.29) is 105 Å². The molecule has 4 atom stereocenters. The van der Waals surface area contributed by atoms with Crippen LogP contribution in [0.15, 0.2) is 123 Å². The van der Waals surface area contributed by atoms with Crippen LogP contribution in [0.5, 0.6) is 0 Å². The number of hydrogen-bond acceptors (Lipinski definition) is 17. The number of urea groups is 2. The first-order valence-corrected chi connectivity index (χ1v) is 38.8. The van der Waals surface area contributed by atoms with E-state index >= 15 is 0 Å². The number of aliphatic carboxylic acids is 1. The quantitative estimate of drug-likeness (QED) is 0.0548. The van der Waals surface area contributed by atoms with Gasteiger partial charge in [-0.2, -0.15) is 0 Å². The largest absolute Gasteiger partial charge is 1.00 e. The third kappa shape index (κ3) is 28.1. The Bertz CT molecular complexity index is 3930. The number of amides is 4. The van der Waals surface area contributed by atoms with Gasteiger partial charge in [-0.05, 0) is 161 Å². The van der Waals surface area contributed by atoms with Crippen molar-refractivity contribution in [1.29, 1.82) is 0 Å². The molecule has 4 amide bonds. The van der Waals surface area contributed by atoms with Crippen molar-refractivity contribution >= 4 is 129 Å². The molecule has 3 fully saturated rings. The molecule has 22 nitrogen and oxygen atoms in total. The zero-order valence-corrected chi connectivity index (χ0v) is 71.0. The number of carbonyl (C=O) groups is 4. The van der Waals surface area contributed by atoms with Crippen LogP contribution in [-0.2, 0) is 9.59 Å².